The molecular weight excluding hydrogens is 877 g/mol. The molecule has 0 saturated carbocycles. The van der Waals surface area contributed by atoms with E-state index in [1.165, 1.54) is 96.3 Å². The van der Waals surface area contributed by atoms with E-state index in [-0.39, 0.29) is 31.1 Å². The van der Waals surface area contributed by atoms with Crippen LogP contribution in [0, 0.1) is 0 Å². The first kappa shape index (κ1) is 67.1. The van der Waals surface area contributed by atoms with Crippen LogP contribution in [0.1, 0.15) is 265 Å². The van der Waals surface area contributed by atoms with Crippen LogP contribution in [0.3, 0.4) is 0 Å². The van der Waals surface area contributed by atoms with E-state index in [1.54, 1.807) is 0 Å². The van der Waals surface area contributed by atoms with E-state index in [4.69, 9.17) is 14.2 Å². The molecule has 404 valence electrons. The van der Waals surface area contributed by atoms with Gasteiger partial charge in [0.1, 0.15) is 13.2 Å². The Kier molecular flexibility index (Phi) is 55.4. The standard InChI is InChI=1S/C65H108O6/c1-4-7-10-13-16-18-20-22-24-26-28-30-32-34-36-38-40-42-44-46-49-52-55-58-64(67)70-61-62(60-69-63(66)57-54-51-48-15-12-9-6-3)71-65(68)59-56-53-50-47-45-43-41-39-37-35-33-31-29-27-25-23-21-19-17-14-11-8-5-2/h7,10,16,18,21-24,27-30,33-36,40,42,62H,4-6,8-9,11-15,17,19-20,25-26,31-32,37-39,41,43-61H2,1-3H3/b10-7-,18-16-,23-21-,24-22-,29-27-,30-28-,35-33-,36-34-,42-40-. The summed E-state index contributed by atoms with van der Waals surface area (Å²) in [6.07, 6.45) is 79.6. The molecule has 0 bridgehead atoms. The Labute approximate surface area is 438 Å². The SMILES string of the molecule is CC/C=C\C/C=C\C/C=C\C/C=C\C/C=C\C/C=C\CCCCCCC(=O)OCC(COC(=O)CCCCCCCCC)OC(=O)CCCCCCCCCC/C=C\C/C=C\C/C=C\CCCCCCC. The Balaban J connectivity index is 4.28. The van der Waals surface area contributed by atoms with Crippen LogP contribution in [0.25, 0.3) is 0 Å². The van der Waals surface area contributed by atoms with Gasteiger partial charge in [-0.2, -0.15) is 0 Å². The highest BCUT2D eigenvalue weighted by Gasteiger charge is 2.19. The summed E-state index contributed by atoms with van der Waals surface area (Å²) in [5.41, 5.74) is 0. The first-order valence-corrected chi connectivity index (χ1v) is 29.4. The zero-order valence-electron chi connectivity index (χ0n) is 46.2. The van der Waals surface area contributed by atoms with E-state index in [0.717, 1.165) is 128 Å². The number of rotatable bonds is 52. The smallest absolute Gasteiger partial charge is 0.306 e. The minimum Gasteiger partial charge on any atom is -0.462 e. The number of ether oxygens (including phenoxy) is 3. The number of hydrogen-bond donors (Lipinski definition) is 0. The largest absolute Gasteiger partial charge is 0.462 e. The zero-order valence-corrected chi connectivity index (χ0v) is 46.2. The van der Waals surface area contributed by atoms with Crippen LogP contribution in [0.5, 0.6) is 0 Å². The predicted octanol–water partition coefficient (Wildman–Crippen LogP) is 19.9. The van der Waals surface area contributed by atoms with Gasteiger partial charge in [0.25, 0.3) is 0 Å². The number of esters is 3. The van der Waals surface area contributed by atoms with E-state index in [9.17, 15) is 14.4 Å². The summed E-state index contributed by atoms with van der Waals surface area (Å²) in [4.78, 5) is 38.0. The molecule has 0 amide bonds. The molecule has 71 heavy (non-hydrogen) atoms. The Morgan fingerprint density at radius 1 is 0.296 bits per heavy atom. The molecule has 0 rings (SSSR count). The molecule has 0 aromatic carbocycles. The summed E-state index contributed by atoms with van der Waals surface area (Å²) in [6.45, 7) is 6.44. The second kappa shape index (κ2) is 58.6. The second-order valence-electron chi connectivity index (χ2n) is 19.2. The fraction of sp³-hybridized carbons (Fsp3) is 0.677. The average Bonchev–Trinajstić information content (AvgIpc) is 3.37. The molecule has 0 aliphatic heterocycles. The third-order valence-corrected chi connectivity index (χ3v) is 12.3. The molecule has 0 heterocycles. The summed E-state index contributed by atoms with van der Waals surface area (Å²) in [5.74, 6) is -0.930. The van der Waals surface area contributed by atoms with Gasteiger partial charge in [0.05, 0.1) is 0 Å². The number of unbranched alkanes of at least 4 members (excludes halogenated alkanes) is 23. The maximum Gasteiger partial charge on any atom is 0.306 e. The number of hydrogen-bond acceptors (Lipinski definition) is 6. The van der Waals surface area contributed by atoms with Crippen LogP contribution < -0.4 is 0 Å². The van der Waals surface area contributed by atoms with Gasteiger partial charge in [-0.1, -0.05) is 246 Å². The van der Waals surface area contributed by atoms with Gasteiger partial charge < -0.3 is 14.2 Å². The van der Waals surface area contributed by atoms with Crippen molar-refractivity contribution in [1.82, 2.24) is 0 Å². The molecule has 0 aromatic rings. The topological polar surface area (TPSA) is 78.9 Å². The minimum absolute atomic E-state index is 0.0903. The lowest BCUT2D eigenvalue weighted by atomic mass is 10.1. The lowest BCUT2D eigenvalue weighted by Gasteiger charge is -2.18. The monoisotopic (exact) mass is 985 g/mol. The highest BCUT2D eigenvalue weighted by Crippen LogP contribution is 2.14. The molecule has 1 unspecified atom stereocenters. The van der Waals surface area contributed by atoms with E-state index < -0.39 is 6.10 Å². The third-order valence-electron chi connectivity index (χ3n) is 12.3. The normalized spacial score (nSPS) is 12.9. The van der Waals surface area contributed by atoms with E-state index in [1.807, 2.05) is 0 Å². The van der Waals surface area contributed by atoms with Crippen molar-refractivity contribution in [2.75, 3.05) is 13.2 Å². The predicted molar refractivity (Wildman–Crippen MR) is 307 cm³/mol. The van der Waals surface area contributed by atoms with Crippen LogP contribution >= 0.6 is 0 Å². The van der Waals surface area contributed by atoms with E-state index in [0.29, 0.717) is 19.3 Å². The summed E-state index contributed by atoms with van der Waals surface area (Å²) in [5, 5.41) is 0. The van der Waals surface area contributed by atoms with Gasteiger partial charge in [-0.25, -0.2) is 0 Å². The van der Waals surface area contributed by atoms with Gasteiger partial charge in [0, 0.05) is 19.3 Å². The first-order valence-electron chi connectivity index (χ1n) is 29.4. The first-order chi connectivity index (χ1) is 35.0. The molecule has 6 nitrogen and oxygen atoms in total. The zero-order chi connectivity index (χ0) is 51.4. The number of carbonyl (C=O) groups is 3. The third kappa shape index (κ3) is 56.9. The molecule has 0 N–H and O–H groups in total. The van der Waals surface area contributed by atoms with Gasteiger partial charge in [-0.15, -0.1) is 0 Å². The van der Waals surface area contributed by atoms with Crippen molar-refractivity contribution in [3.8, 4) is 0 Å². The maximum absolute atomic E-state index is 12.8. The van der Waals surface area contributed by atoms with Crippen molar-refractivity contribution in [3.63, 3.8) is 0 Å². The molecule has 6 heteroatoms. The molecule has 0 aliphatic carbocycles. The fourth-order valence-electron chi connectivity index (χ4n) is 7.86. The average molecular weight is 986 g/mol. The van der Waals surface area contributed by atoms with Crippen LogP contribution in [-0.4, -0.2) is 37.2 Å². The summed E-state index contributed by atoms with van der Waals surface area (Å²) in [6, 6.07) is 0. The van der Waals surface area contributed by atoms with Crippen molar-refractivity contribution in [2.24, 2.45) is 0 Å². The van der Waals surface area contributed by atoms with E-state index in [2.05, 4.69) is 130 Å². The van der Waals surface area contributed by atoms with Crippen molar-refractivity contribution < 1.29 is 28.6 Å². The quantitative estimate of drug-likeness (QED) is 0.0261. The van der Waals surface area contributed by atoms with Crippen molar-refractivity contribution in [2.45, 2.75) is 271 Å². The van der Waals surface area contributed by atoms with Crippen molar-refractivity contribution >= 4 is 17.9 Å². The lowest BCUT2D eigenvalue weighted by molar-refractivity contribution is -0.167. The molecule has 0 aliphatic rings. The van der Waals surface area contributed by atoms with Crippen LogP contribution in [0.15, 0.2) is 109 Å². The fourth-order valence-corrected chi connectivity index (χ4v) is 7.86. The Bertz CT molecular complexity index is 1460. The minimum atomic E-state index is -0.792. The van der Waals surface area contributed by atoms with E-state index >= 15 is 0 Å². The maximum atomic E-state index is 12.8. The molecule has 0 fully saturated rings. The van der Waals surface area contributed by atoms with Gasteiger partial charge in [0.15, 0.2) is 6.10 Å². The second-order valence-corrected chi connectivity index (χ2v) is 19.2. The highest BCUT2D eigenvalue weighted by molar-refractivity contribution is 5.71. The van der Waals surface area contributed by atoms with Gasteiger partial charge in [-0.3, -0.25) is 14.4 Å². The lowest BCUT2D eigenvalue weighted by Crippen LogP contribution is -2.30. The summed E-state index contributed by atoms with van der Waals surface area (Å²) in [7, 11) is 0. The van der Waals surface area contributed by atoms with Crippen LogP contribution in [0.2, 0.25) is 0 Å². The van der Waals surface area contributed by atoms with Crippen LogP contribution in [-0.2, 0) is 28.6 Å². The highest BCUT2D eigenvalue weighted by atomic mass is 16.6. The Morgan fingerprint density at radius 3 is 0.859 bits per heavy atom. The molecule has 0 aromatic heterocycles. The van der Waals surface area contributed by atoms with Gasteiger partial charge in [-0.05, 0) is 109 Å². The van der Waals surface area contributed by atoms with Crippen molar-refractivity contribution in [1.29, 1.82) is 0 Å². The van der Waals surface area contributed by atoms with Gasteiger partial charge >= 0.3 is 17.9 Å². The molecule has 0 radical (unpaired) electrons. The molecule has 0 spiro atoms. The van der Waals surface area contributed by atoms with Gasteiger partial charge in [0.2, 0.25) is 0 Å². The van der Waals surface area contributed by atoms with Crippen LogP contribution in [0.4, 0.5) is 0 Å². The molecule has 1 atom stereocenters. The number of allylic oxidation sites excluding steroid dienone is 18. The molecular formula is C65H108O6. The van der Waals surface area contributed by atoms with Crippen molar-refractivity contribution in [3.05, 3.63) is 109 Å². The number of carbonyl (C=O) groups excluding carboxylic acids is 3. The Hall–Kier alpha value is -3.93. The summed E-state index contributed by atoms with van der Waals surface area (Å²) < 4.78 is 16.8. The molecule has 0 saturated heterocycles. The Morgan fingerprint density at radius 2 is 0.549 bits per heavy atom. The summed E-state index contributed by atoms with van der Waals surface area (Å²) >= 11 is 0.